The van der Waals surface area contributed by atoms with Crippen molar-refractivity contribution in [1.29, 1.82) is 0 Å². The van der Waals surface area contributed by atoms with E-state index in [1.807, 2.05) is 200 Å². The molecule has 3 aliphatic rings. The minimum absolute atomic E-state index is 0.278. The van der Waals surface area contributed by atoms with E-state index in [1.54, 1.807) is 14.0 Å². The Kier molecular flexibility index (Phi) is 21.6. The number of benzene rings is 3. The average Bonchev–Trinajstić information content (AvgIpc) is 1.77. The van der Waals surface area contributed by atoms with Crippen LogP contribution in [0, 0.1) is 17.8 Å². The van der Waals surface area contributed by atoms with Gasteiger partial charge in [-0.25, -0.2) is 34.7 Å². The summed E-state index contributed by atoms with van der Waals surface area (Å²) in [5.41, 5.74) is 20.7. The number of rotatable bonds is 17. The maximum absolute atomic E-state index is 12.2. The second-order valence-electron chi connectivity index (χ2n) is 28.1. The van der Waals surface area contributed by atoms with E-state index in [0.717, 1.165) is 166 Å². The fourth-order valence-corrected chi connectivity index (χ4v) is 13.4. The summed E-state index contributed by atoms with van der Waals surface area (Å²) in [7, 11) is 11.5. The van der Waals surface area contributed by atoms with Crippen molar-refractivity contribution in [3.05, 3.63) is 166 Å². The number of nitrogens with zero attached hydrogens (tertiary/aromatic N) is 20. The molecule has 3 aromatic carbocycles. The number of nitrogens with two attached hydrogens (primary N) is 1. The normalized spacial score (nSPS) is 16.2. The highest BCUT2D eigenvalue weighted by Crippen LogP contribution is 2.37. The number of nitrogens with one attached hydrogen (secondary N) is 3. The van der Waals surface area contributed by atoms with Crippen LogP contribution >= 0.6 is 0 Å². The molecule has 12 heterocycles. The molecule has 3 aliphatic heterocycles. The van der Waals surface area contributed by atoms with Gasteiger partial charge in [0.2, 0.25) is 0 Å². The standard InChI is InChI=1S/C29H36N8O2.2C24H28N8/c1-29(2,3)39-28(38)31-13-20-8-7-11-37(17-20)27-25(24-15-33-36(5)19-24)16-30-26(34-27)22-10-6-9-21(12-22)23-14-32-35(4)18-23;1-30-15-20(11-27-30)18-6-3-7-19(9-18)23-26-13-22(21-12-28-31(2)16-21)24(29-23)32-8-4-5-17(10-25)14-32;1-31-15-20(12-28-31)18-6-3-7-19(9-18)23-27-14-22(21-13-29-32(2)16-21)24(30-23)26-11-17-5-4-8-25-10-17/h6,9-10,12,14-16,18-20H,7-8,11,13,17H2,1-5H3,(H,31,38);3,6-7,9,11-13,15-17H,4-5,8,10,14,25H2,1-2H3;3,6-7,9,12-17,25H,4-5,8,10-11H2,1-2H3,(H,26,27,30). The molecule has 0 saturated carbocycles. The van der Waals surface area contributed by atoms with Crippen LogP contribution in [-0.4, -0.2) is 159 Å². The summed E-state index contributed by atoms with van der Waals surface area (Å²) in [6.07, 6.45) is 35.3. The van der Waals surface area contributed by atoms with E-state index < -0.39 is 5.60 Å². The topological polar surface area (TPSA) is 279 Å². The molecule has 3 atom stereocenters. The molecule has 1 amide bonds. The van der Waals surface area contributed by atoms with Gasteiger partial charge in [-0.2, -0.15) is 30.6 Å². The Labute approximate surface area is 600 Å². The van der Waals surface area contributed by atoms with Crippen LogP contribution in [0.25, 0.3) is 101 Å². The number of carbonyl (C=O) groups excluding carboxylic acids is 1. The summed E-state index contributed by atoms with van der Waals surface area (Å²) in [6, 6.07) is 24.8. The SMILES string of the molecule is Cn1cc(-c2cccc(-c3ncc(-c4cnn(C)c4)c(N4CCCC(CN)C4)n3)c2)cn1.Cn1cc(-c2cccc(-c3ncc(-c4cnn(C)c4)c(N4CCCC(CNC(=O)OC(C)(C)C)C4)n3)c2)cn1.Cn1cc(-c2cccc(-c3ncc(-c4cnn(C)c4)c(NCC4CCCNC4)n3)c2)cn1. The Morgan fingerprint density at radius 2 is 0.864 bits per heavy atom. The highest BCUT2D eigenvalue weighted by molar-refractivity contribution is 5.80. The van der Waals surface area contributed by atoms with E-state index in [1.165, 1.54) is 19.3 Å². The largest absolute Gasteiger partial charge is 0.444 e. The Morgan fingerprint density at radius 3 is 1.27 bits per heavy atom. The smallest absolute Gasteiger partial charge is 0.407 e. The van der Waals surface area contributed by atoms with Crippen LogP contribution in [0.3, 0.4) is 0 Å². The van der Waals surface area contributed by atoms with Gasteiger partial charge in [0, 0.05) is 204 Å². The van der Waals surface area contributed by atoms with Gasteiger partial charge in [-0.3, -0.25) is 28.1 Å². The van der Waals surface area contributed by atoms with Gasteiger partial charge in [-0.15, -0.1) is 0 Å². The zero-order valence-electron chi connectivity index (χ0n) is 60.3. The molecule has 532 valence electrons. The molecule has 15 rings (SSSR count). The molecule has 12 aromatic rings. The van der Waals surface area contributed by atoms with Gasteiger partial charge in [0.15, 0.2) is 17.5 Å². The van der Waals surface area contributed by atoms with E-state index in [0.29, 0.717) is 42.4 Å². The molecule has 103 heavy (non-hydrogen) atoms. The first-order chi connectivity index (χ1) is 49.9. The first-order valence-electron chi connectivity index (χ1n) is 35.4. The second-order valence-corrected chi connectivity index (χ2v) is 28.1. The Balaban J connectivity index is 0.000000138. The molecule has 5 N–H and O–H groups in total. The van der Waals surface area contributed by atoms with Gasteiger partial charge in [0.1, 0.15) is 23.1 Å². The number of anilines is 3. The summed E-state index contributed by atoms with van der Waals surface area (Å²) in [4.78, 5) is 46.3. The fourth-order valence-electron chi connectivity index (χ4n) is 13.4. The summed E-state index contributed by atoms with van der Waals surface area (Å²) in [5, 5.41) is 36.0. The maximum Gasteiger partial charge on any atom is 0.407 e. The predicted octanol–water partition coefficient (Wildman–Crippen LogP) is 11.2. The van der Waals surface area contributed by atoms with Gasteiger partial charge in [-0.1, -0.05) is 54.6 Å². The summed E-state index contributed by atoms with van der Waals surface area (Å²) >= 11 is 0. The Morgan fingerprint density at radius 1 is 0.476 bits per heavy atom. The van der Waals surface area contributed by atoms with Crippen molar-refractivity contribution in [3.63, 3.8) is 0 Å². The molecule has 26 nitrogen and oxygen atoms in total. The van der Waals surface area contributed by atoms with E-state index >= 15 is 0 Å². The van der Waals surface area contributed by atoms with Gasteiger partial charge < -0.3 is 36.2 Å². The van der Waals surface area contributed by atoms with Gasteiger partial charge >= 0.3 is 6.09 Å². The average molecular weight is 1390 g/mol. The quantitative estimate of drug-likeness (QED) is 0.0659. The molecule has 0 radical (unpaired) electrons. The Hall–Kier alpha value is -11.3. The van der Waals surface area contributed by atoms with Crippen LogP contribution in [0.15, 0.2) is 166 Å². The van der Waals surface area contributed by atoms with Crippen LogP contribution in [0.2, 0.25) is 0 Å². The molecule has 0 spiro atoms. The minimum atomic E-state index is -0.521. The van der Waals surface area contributed by atoms with Crippen molar-refractivity contribution < 1.29 is 9.53 Å². The van der Waals surface area contributed by atoms with Gasteiger partial charge in [0.25, 0.3) is 0 Å². The molecule has 3 unspecified atom stereocenters. The van der Waals surface area contributed by atoms with Crippen molar-refractivity contribution in [3.8, 4) is 101 Å². The summed E-state index contributed by atoms with van der Waals surface area (Å²) in [5.74, 6) is 6.12. The molecule has 26 heteroatoms. The highest BCUT2D eigenvalue weighted by atomic mass is 16.6. The van der Waals surface area contributed by atoms with E-state index in [2.05, 4.69) is 98.8 Å². The minimum Gasteiger partial charge on any atom is -0.444 e. The number of alkyl carbamates (subject to hydrolysis) is 1. The van der Waals surface area contributed by atoms with Crippen molar-refractivity contribution in [1.82, 2.24) is 99.2 Å². The van der Waals surface area contributed by atoms with E-state index in [-0.39, 0.29) is 12.0 Å². The number of aryl methyl sites for hydroxylation is 6. The number of ether oxygens (including phenoxy) is 1. The van der Waals surface area contributed by atoms with Gasteiger partial charge in [0.05, 0.1) is 37.2 Å². The lowest BCUT2D eigenvalue weighted by Crippen LogP contribution is -2.42. The second kappa shape index (κ2) is 31.7. The van der Waals surface area contributed by atoms with Gasteiger partial charge in [-0.05, 0) is 132 Å². The predicted molar refractivity (Wildman–Crippen MR) is 403 cm³/mol. The first kappa shape index (κ1) is 70.2. The highest BCUT2D eigenvalue weighted by Gasteiger charge is 2.28. The lowest BCUT2D eigenvalue weighted by atomic mass is 9.97. The third kappa shape index (κ3) is 17.7. The third-order valence-electron chi connectivity index (χ3n) is 18.7. The Bertz CT molecular complexity index is 4830. The lowest BCUT2D eigenvalue weighted by Gasteiger charge is -2.35. The molecule has 9 aromatic heterocycles. The number of amides is 1. The molecular weight excluding hydrogens is 1290 g/mol. The number of aromatic nitrogens is 18. The first-order valence-corrected chi connectivity index (χ1v) is 35.4. The number of hydrogen-bond donors (Lipinski definition) is 4. The van der Waals surface area contributed by atoms with Crippen molar-refractivity contribution in [2.75, 3.05) is 74.0 Å². The fraction of sp³-hybridized carbons (Fsp3) is 0.364. The van der Waals surface area contributed by atoms with Crippen LogP contribution in [-0.2, 0) is 47.0 Å². The van der Waals surface area contributed by atoms with E-state index in [4.69, 9.17) is 40.4 Å². The maximum atomic E-state index is 12.2. The van der Waals surface area contributed by atoms with Crippen LogP contribution in [0.1, 0.15) is 59.3 Å². The summed E-state index contributed by atoms with van der Waals surface area (Å²) < 4.78 is 16.2. The zero-order chi connectivity index (χ0) is 71.6. The monoisotopic (exact) mass is 1380 g/mol. The molecule has 3 fully saturated rings. The van der Waals surface area contributed by atoms with Crippen molar-refractivity contribution in [2.24, 2.45) is 65.8 Å². The van der Waals surface area contributed by atoms with Crippen LogP contribution < -0.4 is 31.5 Å². The molecule has 0 aliphatic carbocycles. The third-order valence-corrected chi connectivity index (χ3v) is 18.7. The van der Waals surface area contributed by atoms with E-state index in [9.17, 15) is 4.79 Å². The lowest BCUT2D eigenvalue weighted by molar-refractivity contribution is 0.0517. The van der Waals surface area contributed by atoms with Crippen LogP contribution in [0.5, 0.6) is 0 Å². The summed E-state index contributed by atoms with van der Waals surface area (Å²) in [6.45, 7) is 13.4. The van der Waals surface area contributed by atoms with Crippen molar-refractivity contribution in [2.45, 2.75) is 64.9 Å². The molecule has 3 saturated heterocycles. The number of hydrogen-bond acceptors (Lipinski definition) is 19. The number of carbonyl (C=O) groups is 1. The van der Waals surface area contributed by atoms with Crippen molar-refractivity contribution >= 4 is 23.5 Å². The zero-order valence-corrected chi connectivity index (χ0v) is 60.3. The molecule has 0 bridgehead atoms. The van der Waals surface area contributed by atoms with Crippen LogP contribution in [0.4, 0.5) is 22.2 Å². The number of piperidine rings is 3. The molecular formula is C77H92N24O2.